The predicted octanol–water partition coefficient (Wildman–Crippen LogP) is 2.05. The number of hydrogen-bond donors (Lipinski definition) is 2. The van der Waals surface area contributed by atoms with Crippen LogP contribution >= 0.6 is 0 Å². The van der Waals surface area contributed by atoms with E-state index in [4.69, 9.17) is 0 Å². The predicted molar refractivity (Wildman–Crippen MR) is 102 cm³/mol. The molecule has 0 spiro atoms. The number of benzene rings is 1. The van der Waals surface area contributed by atoms with Crippen molar-refractivity contribution >= 4 is 17.5 Å². The van der Waals surface area contributed by atoms with Crippen LogP contribution in [0.3, 0.4) is 0 Å². The minimum Gasteiger partial charge on any atom is -0.352 e. The number of hydrogen-bond acceptors (Lipinski definition) is 4. The van der Waals surface area contributed by atoms with E-state index in [1.165, 1.54) is 17.9 Å². The van der Waals surface area contributed by atoms with Gasteiger partial charge < -0.3 is 10.6 Å². The summed E-state index contributed by atoms with van der Waals surface area (Å²) in [6.45, 7) is 2.87. The molecule has 0 radical (unpaired) electrons. The first-order valence-corrected chi connectivity index (χ1v) is 9.60. The van der Waals surface area contributed by atoms with Crippen LogP contribution in [0.1, 0.15) is 51.0 Å². The molecule has 0 unspecified atom stereocenters. The number of amides is 2. The second kappa shape index (κ2) is 8.94. The van der Waals surface area contributed by atoms with E-state index in [0.29, 0.717) is 32.0 Å². The first-order valence-electron chi connectivity index (χ1n) is 9.60. The van der Waals surface area contributed by atoms with E-state index in [2.05, 4.69) is 15.7 Å². The van der Waals surface area contributed by atoms with Crippen LogP contribution in [0.5, 0.6) is 0 Å². The summed E-state index contributed by atoms with van der Waals surface area (Å²) in [6, 6.07) is 10.0. The van der Waals surface area contributed by atoms with Gasteiger partial charge in [0.05, 0.1) is 18.3 Å². The molecule has 6 nitrogen and oxygen atoms in total. The van der Waals surface area contributed by atoms with Crippen molar-refractivity contribution in [2.45, 2.75) is 57.5 Å². The van der Waals surface area contributed by atoms with E-state index in [0.717, 1.165) is 24.1 Å². The molecule has 26 heavy (non-hydrogen) atoms. The lowest BCUT2D eigenvalue weighted by Crippen LogP contribution is -2.47. The molecule has 1 fully saturated rings. The van der Waals surface area contributed by atoms with Gasteiger partial charge in [-0.15, -0.1) is 0 Å². The zero-order valence-corrected chi connectivity index (χ0v) is 15.4. The van der Waals surface area contributed by atoms with Crippen LogP contribution < -0.4 is 10.6 Å². The third-order valence-corrected chi connectivity index (χ3v) is 5.08. The van der Waals surface area contributed by atoms with E-state index < -0.39 is 0 Å². The Labute approximate surface area is 155 Å². The third kappa shape index (κ3) is 4.91. The Bertz CT molecular complexity index is 653. The zero-order chi connectivity index (χ0) is 18.4. The Morgan fingerprint density at radius 1 is 1.23 bits per heavy atom. The summed E-state index contributed by atoms with van der Waals surface area (Å²) in [4.78, 5) is 24.3. The van der Waals surface area contributed by atoms with Crippen molar-refractivity contribution in [3.05, 3.63) is 35.9 Å². The fourth-order valence-electron chi connectivity index (χ4n) is 3.49. The van der Waals surface area contributed by atoms with Crippen molar-refractivity contribution in [2.75, 3.05) is 13.1 Å². The summed E-state index contributed by atoms with van der Waals surface area (Å²) in [5.41, 5.74) is 2.00. The standard InChI is InChI=1S/C20H28N4O2/c1-15(20(26)22-17-9-5-6-10-17)21-13-14-24-19(25)12-11-18(23-24)16-7-3-2-4-8-16/h2-4,7-8,15,17,21H,5-6,9-14H2,1H3,(H,22,26)/t15-/m1/s1. The molecule has 0 bridgehead atoms. The Hall–Kier alpha value is -2.21. The van der Waals surface area contributed by atoms with Crippen LogP contribution in [-0.4, -0.2) is 47.7 Å². The minimum atomic E-state index is -0.270. The molecule has 0 aromatic heterocycles. The van der Waals surface area contributed by atoms with Gasteiger partial charge in [0.1, 0.15) is 0 Å². The van der Waals surface area contributed by atoms with Gasteiger partial charge >= 0.3 is 0 Å². The van der Waals surface area contributed by atoms with Crippen LogP contribution in [0.2, 0.25) is 0 Å². The van der Waals surface area contributed by atoms with Gasteiger partial charge in [-0.05, 0) is 25.3 Å². The lowest BCUT2D eigenvalue weighted by Gasteiger charge is -2.25. The molecule has 1 atom stereocenters. The Balaban J connectivity index is 1.48. The number of nitrogens with one attached hydrogen (secondary N) is 2. The van der Waals surface area contributed by atoms with Crippen molar-refractivity contribution in [3.63, 3.8) is 0 Å². The van der Waals surface area contributed by atoms with Gasteiger partial charge in [0.25, 0.3) is 0 Å². The van der Waals surface area contributed by atoms with Crippen molar-refractivity contribution in [3.8, 4) is 0 Å². The van der Waals surface area contributed by atoms with Crippen LogP contribution in [-0.2, 0) is 9.59 Å². The SMILES string of the molecule is C[C@@H](NCCN1N=C(c2ccccc2)CCC1=O)C(=O)NC1CCCC1. The van der Waals surface area contributed by atoms with Gasteiger partial charge in [-0.1, -0.05) is 43.2 Å². The zero-order valence-electron chi connectivity index (χ0n) is 15.4. The summed E-state index contributed by atoms with van der Waals surface area (Å²) < 4.78 is 0. The van der Waals surface area contributed by atoms with E-state index >= 15 is 0 Å². The summed E-state index contributed by atoms with van der Waals surface area (Å²) in [7, 11) is 0. The first-order chi connectivity index (χ1) is 12.6. The maximum Gasteiger partial charge on any atom is 0.243 e. The molecule has 1 aromatic rings. The van der Waals surface area contributed by atoms with Gasteiger partial charge in [0.15, 0.2) is 0 Å². The molecule has 2 aliphatic rings. The molecule has 1 aliphatic carbocycles. The van der Waals surface area contributed by atoms with Crippen LogP contribution in [0.4, 0.5) is 0 Å². The maximum absolute atomic E-state index is 12.2. The molecule has 140 valence electrons. The summed E-state index contributed by atoms with van der Waals surface area (Å²) in [5.74, 6) is 0.0740. The Kier molecular flexibility index (Phi) is 6.39. The van der Waals surface area contributed by atoms with Crippen molar-refractivity contribution in [2.24, 2.45) is 5.10 Å². The van der Waals surface area contributed by atoms with E-state index in [1.807, 2.05) is 37.3 Å². The largest absolute Gasteiger partial charge is 0.352 e. The minimum absolute atomic E-state index is 0.0366. The monoisotopic (exact) mass is 356 g/mol. The lowest BCUT2D eigenvalue weighted by atomic mass is 10.0. The molecule has 2 N–H and O–H groups in total. The average Bonchev–Trinajstić information content (AvgIpc) is 3.17. The molecule has 6 heteroatoms. The van der Waals surface area contributed by atoms with Gasteiger partial charge in [-0.25, -0.2) is 5.01 Å². The lowest BCUT2D eigenvalue weighted by molar-refractivity contribution is -0.131. The number of carbonyl (C=O) groups is 2. The topological polar surface area (TPSA) is 73.8 Å². The highest BCUT2D eigenvalue weighted by Crippen LogP contribution is 2.17. The fraction of sp³-hybridized carbons (Fsp3) is 0.550. The Morgan fingerprint density at radius 2 is 1.96 bits per heavy atom. The van der Waals surface area contributed by atoms with Gasteiger partial charge in [-0.2, -0.15) is 5.10 Å². The van der Waals surface area contributed by atoms with Crippen LogP contribution in [0.25, 0.3) is 0 Å². The van der Waals surface area contributed by atoms with E-state index in [-0.39, 0.29) is 17.9 Å². The number of rotatable bonds is 7. The van der Waals surface area contributed by atoms with Gasteiger partial charge in [0.2, 0.25) is 11.8 Å². The first kappa shape index (κ1) is 18.6. The van der Waals surface area contributed by atoms with Crippen molar-refractivity contribution < 1.29 is 9.59 Å². The molecule has 2 amide bonds. The average molecular weight is 356 g/mol. The highest BCUT2D eigenvalue weighted by atomic mass is 16.2. The van der Waals surface area contributed by atoms with Crippen LogP contribution in [0.15, 0.2) is 35.4 Å². The Morgan fingerprint density at radius 3 is 2.69 bits per heavy atom. The summed E-state index contributed by atoms with van der Waals surface area (Å²) in [5, 5.41) is 12.3. The van der Waals surface area contributed by atoms with Crippen molar-refractivity contribution in [1.82, 2.24) is 15.6 Å². The smallest absolute Gasteiger partial charge is 0.243 e. The molecular formula is C20H28N4O2. The van der Waals surface area contributed by atoms with Gasteiger partial charge in [-0.3, -0.25) is 9.59 Å². The highest BCUT2D eigenvalue weighted by Gasteiger charge is 2.23. The number of nitrogens with zero attached hydrogens (tertiary/aromatic N) is 2. The van der Waals surface area contributed by atoms with E-state index in [1.54, 1.807) is 0 Å². The molecule has 1 aromatic carbocycles. The summed E-state index contributed by atoms with van der Waals surface area (Å²) >= 11 is 0. The number of carbonyl (C=O) groups excluding carboxylic acids is 2. The molecule has 1 heterocycles. The molecule has 3 rings (SSSR count). The molecule has 1 saturated carbocycles. The number of hydrazone groups is 1. The highest BCUT2D eigenvalue weighted by molar-refractivity contribution is 6.04. The molecular weight excluding hydrogens is 328 g/mol. The van der Waals surface area contributed by atoms with Crippen LogP contribution in [0, 0.1) is 0 Å². The van der Waals surface area contributed by atoms with Gasteiger partial charge in [0, 0.05) is 25.4 Å². The quantitative estimate of drug-likeness (QED) is 0.785. The van der Waals surface area contributed by atoms with E-state index in [9.17, 15) is 9.59 Å². The fourth-order valence-corrected chi connectivity index (χ4v) is 3.49. The second-order valence-corrected chi connectivity index (χ2v) is 7.10. The van der Waals surface area contributed by atoms with Crippen molar-refractivity contribution in [1.29, 1.82) is 0 Å². The maximum atomic E-state index is 12.2. The second-order valence-electron chi connectivity index (χ2n) is 7.10. The normalized spacial score (nSPS) is 19.3. The summed E-state index contributed by atoms with van der Waals surface area (Å²) in [6.07, 6.45) is 5.71. The molecule has 1 aliphatic heterocycles. The third-order valence-electron chi connectivity index (χ3n) is 5.08. The molecule has 0 saturated heterocycles.